The van der Waals surface area contributed by atoms with E-state index in [1.54, 1.807) is 29.8 Å². The molecule has 0 unspecified atom stereocenters. The van der Waals surface area contributed by atoms with Crippen LogP contribution >= 0.6 is 11.3 Å². The van der Waals surface area contributed by atoms with Crippen molar-refractivity contribution < 1.29 is 9.18 Å². The Hall–Kier alpha value is -2.58. The molecule has 0 bridgehead atoms. The van der Waals surface area contributed by atoms with Crippen LogP contribution in [0.15, 0.2) is 36.7 Å². The molecule has 2 aromatic heterocycles. The molecule has 2 aliphatic rings. The minimum Gasteiger partial charge on any atom is -0.353 e. The number of aromatic nitrogens is 2. The van der Waals surface area contributed by atoms with Gasteiger partial charge in [0.1, 0.15) is 18.0 Å². The average molecular weight is 426 g/mol. The van der Waals surface area contributed by atoms with Crippen molar-refractivity contribution in [1.29, 1.82) is 0 Å². The Morgan fingerprint density at radius 1 is 1.00 bits per heavy atom. The zero-order chi connectivity index (χ0) is 20.5. The molecule has 6 nitrogen and oxygen atoms in total. The highest BCUT2D eigenvalue weighted by atomic mass is 32.1. The van der Waals surface area contributed by atoms with Gasteiger partial charge in [-0.25, -0.2) is 14.4 Å². The summed E-state index contributed by atoms with van der Waals surface area (Å²) in [5.74, 6) is 0.970. The molecule has 0 saturated carbocycles. The molecule has 0 radical (unpaired) electrons. The molecule has 2 aliphatic heterocycles. The highest BCUT2D eigenvalue weighted by molar-refractivity contribution is 7.22. The molecule has 2 fully saturated rings. The first kappa shape index (κ1) is 19.4. The third kappa shape index (κ3) is 3.89. The van der Waals surface area contributed by atoms with Gasteiger partial charge >= 0.3 is 0 Å². The fraction of sp³-hybridized carbons (Fsp3) is 0.409. The molecule has 30 heavy (non-hydrogen) atoms. The summed E-state index contributed by atoms with van der Waals surface area (Å²) in [5, 5.41) is 0. The summed E-state index contributed by atoms with van der Waals surface area (Å²) < 4.78 is 14.3. The van der Waals surface area contributed by atoms with Crippen molar-refractivity contribution in [3.63, 3.8) is 0 Å². The van der Waals surface area contributed by atoms with E-state index in [4.69, 9.17) is 0 Å². The summed E-state index contributed by atoms with van der Waals surface area (Å²) in [6.45, 7) is 5.70. The maximum absolute atomic E-state index is 13.3. The van der Waals surface area contributed by atoms with E-state index in [2.05, 4.69) is 19.8 Å². The van der Waals surface area contributed by atoms with E-state index in [1.165, 1.54) is 12.1 Å². The highest BCUT2D eigenvalue weighted by Gasteiger charge is 2.25. The van der Waals surface area contributed by atoms with Gasteiger partial charge in [0.2, 0.25) is 5.91 Å². The van der Waals surface area contributed by atoms with Gasteiger partial charge in [0, 0.05) is 44.1 Å². The Morgan fingerprint density at radius 3 is 2.47 bits per heavy atom. The summed E-state index contributed by atoms with van der Waals surface area (Å²) in [4.78, 5) is 29.0. The number of carbonyl (C=O) groups is 1. The van der Waals surface area contributed by atoms with Gasteiger partial charge in [0.05, 0.1) is 16.8 Å². The van der Waals surface area contributed by atoms with Crippen molar-refractivity contribution in [2.75, 3.05) is 50.7 Å². The first-order valence-electron chi connectivity index (χ1n) is 10.4. The second-order valence-corrected chi connectivity index (χ2v) is 8.93. The van der Waals surface area contributed by atoms with Crippen molar-refractivity contribution in [1.82, 2.24) is 19.8 Å². The number of hydrogen-bond acceptors (Lipinski definition) is 6. The zero-order valence-electron chi connectivity index (χ0n) is 16.8. The van der Waals surface area contributed by atoms with Crippen molar-refractivity contribution in [3.05, 3.63) is 42.5 Å². The monoisotopic (exact) mass is 425 g/mol. The second kappa shape index (κ2) is 8.28. The summed E-state index contributed by atoms with van der Waals surface area (Å²) in [6, 6.07) is 8.60. The quantitative estimate of drug-likeness (QED) is 0.642. The number of rotatable bonds is 4. The largest absolute Gasteiger partial charge is 0.353 e. The van der Waals surface area contributed by atoms with E-state index in [9.17, 15) is 9.18 Å². The number of nitrogens with zero attached hydrogens (tertiary/aromatic N) is 5. The SMILES string of the molecule is O=C(CN1CCN(c2ncnc3cc(-c4ccc(F)cc4)sc23)CC1)N1CCCC1. The number of fused-ring (bicyclic) bond motifs is 1. The zero-order valence-corrected chi connectivity index (χ0v) is 17.6. The molecule has 5 rings (SSSR count). The van der Waals surface area contributed by atoms with Crippen LogP contribution in [0.4, 0.5) is 10.2 Å². The van der Waals surface area contributed by atoms with Gasteiger partial charge in [-0.1, -0.05) is 12.1 Å². The standard InChI is InChI=1S/C22H24FN5OS/c23-17-5-3-16(4-6-17)19-13-18-21(30-19)22(25-15-24-18)28-11-9-26(10-12-28)14-20(29)27-7-1-2-8-27/h3-6,13,15H,1-2,7-12,14H2. The number of amides is 1. The predicted octanol–water partition coefficient (Wildman–Crippen LogP) is 3.24. The highest BCUT2D eigenvalue weighted by Crippen LogP contribution is 2.37. The van der Waals surface area contributed by atoms with Crippen LogP contribution in [0.25, 0.3) is 20.7 Å². The molecule has 0 atom stereocenters. The smallest absolute Gasteiger partial charge is 0.236 e. The Bertz CT molecular complexity index is 1040. The topological polar surface area (TPSA) is 52.6 Å². The van der Waals surface area contributed by atoms with Gasteiger partial charge in [-0.05, 0) is 36.6 Å². The lowest BCUT2D eigenvalue weighted by molar-refractivity contribution is -0.131. The number of halogens is 1. The van der Waals surface area contributed by atoms with E-state index in [0.717, 1.165) is 78.6 Å². The summed E-state index contributed by atoms with van der Waals surface area (Å²) in [6.07, 6.45) is 3.87. The maximum atomic E-state index is 13.3. The molecule has 0 aliphatic carbocycles. The molecule has 4 heterocycles. The van der Waals surface area contributed by atoms with Crippen LogP contribution in [0.5, 0.6) is 0 Å². The van der Waals surface area contributed by atoms with Crippen LogP contribution in [0.1, 0.15) is 12.8 Å². The summed E-state index contributed by atoms with van der Waals surface area (Å²) in [7, 11) is 0. The number of likely N-dealkylation sites (tertiary alicyclic amines) is 1. The minimum absolute atomic E-state index is 0.235. The van der Waals surface area contributed by atoms with Gasteiger partial charge in [0.25, 0.3) is 0 Å². The first-order valence-corrected chi connectivity index (χ1v) is 11.2. The molecule has 2 saturated heterocycles. The van der Waals surface area contributed by atoms with Crippen molar-refractivity contribution in [2.24, 2.45) is 0 Å². The maximum Gasteiger partial charge on any atom is 0.236 e. The van der Waals surface area contributed by atoms with E-state index in [1.807, 2.05) is 11.0 Å². The molecular formula is C22H24FN5OS. The Labute approximate surface area is 178 Å². The molecule has 1 amide bonds. The molecule has 8 heteroatoms. The van der Waals surface area contributed by atoms with Crippen LogP contribution < -0.4 is 4.90 Å². The molecule has 3 aromatic rings. The normalized spacial score (nSPS) is 17.8. The molecule has 1 aromatic carbocycles. The van der Waals surface area contributed by atoms with Crippen LogP contribution in [0.3, 0.4) is 0 Å². The van der Waals surface area contributed by atoms with E-state index >= 15 is 0 Å². The van der Waals surface area contributed by atoms with Gasteiger partial charge in [0.15, 0.2) is 0 Å². The number of anilines is 1. The van der Waals surface area contributed by atoms with Crippen LogP contribution in [0, 0.1) is 5.82 Å². The van der Waals surface area contributed by atoms with Crippen molar-refractivity contribution >= 4 is 33.3 Å². The first-order chi connectivity index (χ1) is 14.7. The van der Waals surface area contributed by atoms with Gasteiger partial charge in [-0.3, -0.25) is 9.69 Å². The van der Waals surface area contributed by atoms with Gasteiger partial charge in [-0.15, -0.1) is 11.3 Å². The van der Waals surface area contributed by atoms with E-state index < -0.39 is 0 Å². The lowest BCUT2D eigenvalue weighted by Gasteiger charge is -2.35. The third-order valence-corrected chi connectivity index (χ3v) is 7.08. The van der Waals surface area contributed by atoms with Crippen LogP contribution in [0.2, 0.25) is 0 Å². The summed E-state index contributed by atoms with van der Waals surface area (Å²) in [5.41, 5.74) is 1.89. The van der Waals surface area contributed by atoms with Crippen molar-refractivity contribution in [3.8, 4) is 10.4 Å². The Kier molecular flexibility index (Phi) is 5.35. The number of hydrogen-bond donors (Lipinski definition) is 0. The van der Waals surface area contributed by atoms with Crippen LogP contribution in [-0.4, -0.2) is 71.5 Å². The number of piperazine rings is 1. The average Bonchev–Trinajstić information content (AvgIpc) is 3.45. The Balaban J connectivity index is 1.29. The van der Waals surface area contributed by atoms with E-state index in [-0.39, 0.29) is 11.7 Å². The minimum atomic E-state index is -0.235. The van der Waals surface area contributed by atoms with Crippen LogP contribution in [-0.2, 0) is 4.79 Å². The van der Waals surface area contributed by atoms with E-state index in [0.29, 0.717) is 6.54 Å². The van der Waals surface area contributed by atoms with Gasteiger partial charge in [-0.2, -0.15) is 0 Å². The lowest BCUT2D eigenvalue weighted by atomic mass is 10.2. The number of benzene rings is 1. The van der Waals surface area contributed by atoms with Crippen molar-refractivity contribution in [2.45, 2.75) is 12.8 Å². The van der Waals surface area contributed by atoms with Gasteiger partial charge < -0.3 is 9.80 Å². The fourth-order valence-corrected chi connectivity index (χ4v) is 5.33. The molecule has 0 spiro atoms. The molecule has 0 N–H and O–H groups in total. The predicted molar refractivity (Wildman–Crippen MR) is 117 cm³/mol. The molecule has 156 valence electrons. The lowest BCUT2D eigenvalue weighted by Crippen LogP contribution is -2.50. The summed E-state index contributed by atoms with van der Waals surface area (Å²) >= 11 is 1.64. The number of carbonyl (C=O) groups excluding carboxylic acids is 1. The number of thiophene rings is 1. The Morgan fingerprint density at radius 2 is 1.73 bits per heavy atom. The second-order valence-electron chi connectivity index (χ2n) is 7.88. The molecular weight excluding hydrogens is 401 g/mol. The fourth-order valence-electron chi connectivity index (χ4n) is 4.20. The third-order valence-electron chi connectivity index (χ3n) is 5.91.